The summed E-state index contributed by atoms with van der Waals surface area (Å²) in [5, 5.41) is 0. The van der Waals surface area contributed by atoms with Gasteiger partial charge in [-0.15, -0.1) is 0 Å². The van der Waals surface area contributed by atoms with Gasteiger partial charge in [0.25, 0.3) is 11.8 Å². The predicted octanol–water partition coefficient (Wildman–Crippen LogP) is 1.70. The smallest absolute Gasteiger partial charge is 0.265 e. The first-order valence-corrected chi connectivity index (χ1v) is 8.04. The zero-order valence-electron chi connectivity index (χ0n) is 14.6. The number of anilines is 1. The average molecular weight is 355 g/mol. The molecular formula is C19H21N3O4. The molecular weight excluding hydrogens is 334 g/mol. The fourth-order valence-corrected chi connectivity index (χ4v) is 2.55. The van der Waals surface area contributed by atoms with Gasteiger partial charge in [0, 0.05) is 11.6 Å². The summed E-state index contributed by atoms with van der Waals surface area (Å²) in [5.74, 6) is -1.20. The lowest BCUT2D eigenvalue weighted by Gasteiger charge is -2.28. The van der Waals surface area contributed by atoms with Crippen LogP contribution < -0.4 is 21.1 Å². The molecule has 7 nitrogen and oxygen atoms in total. The van der Waals surface area contributed by atoms with Gasteiger partial charge in [0.2, 0.25) is 5.91 Å². The molecule has 0 fully saturated rings. The minimum absolute atomic E-state index is 0.219. The van der Waals surface area contributed by atoms with Gasteiger partial charge in [0.1, 0.15) is 5.75 Å². The maximum atomic E-state index is 12.7. The summed E-state index contributed by atoms with van der Waals surface area (Å²) in [6.45, 7) is 3.38. The van der Waals surface area contributed by atoms with Crippen molar-refractivity contribution in [3.8, 4) is 5.75 Å². The quantitative estimate of drug-likeness (QED) is 0.786. The number of nitrogens with zero attached hydrogens (tertiary/aromatic N) is 1. The van der Waals surface area contributed by atoms with Crippen LogP contribution in [0.4, 0.5) is 5.69 Å². The van der Waals surface area contributed by atoms with Gasteiger partial charge < -0.3 is 21.1 Å². The molecule has 2 aromatic carbocycles. The Kier molecular flexibility index (Phi) is 5.95. The largest absolute Gasteiger partial charge is 0.484 e. The Morgan fingerprint density at radius 1 is 1.00 bits per heavy atom. The maximum absolute atomic E-state index is 12.7. The van der Waals surface area contributed by atoms with Crippen LogP contribution in [-0.4, -0.2) is 30.4 Å². The maximum Gasteiger partial charge on any atom is 0.265 e. The highest BCUT2D eigenvalue weighted by Gasteiger charge is 2.23. The van der Waals surface area contributed by atoms with E-state index in [2.05, 4.69) is 0 Å². The third-order valence-electron chi connectivity index (χ3n) is 3.70. The molecule has 0 saturated heterocycles. The van der Waals surface area contributed by atoms with E-state index in [-0.39, 0.29) is 29.7 Å². The number of hydrogen-bond donors (Lipinski definition) is 2. The summed E-state index contributed by atoms with van der Waals surface area (Å²) in [6, 6.07) is 12.7. The number of nitrogens with two attached hydrogens (primary N) is 2. The number of hydrogen-bond acceptors (Lipinski definition) is 4. The minimum atomic E-state index is -0.617. The third-order valence-corrected chi connectivity index (χ3v) is 3.70. The molecule has 7 heteroatoms. The molecule has 0 bridgehead atoms. The van der Waals surface area contributed by atoms with Gasteiger partial charge in [-0.05, 0) is 44.2 Å². The van der Waals surface area contributed by atoms with Gasteiger partial charge in [-0.25, -0.2) is 0 Å². The summed E-state index contributed by atoms with van der Waals surface area (Å²) < 4.78 is 5.50. The molecule has 0 unspecified atom stereocenters. The van der Waals surface area contributed by atoms with Crippen molar-refractivity contribution < 1.29 is 19.1 Å². The number of para-hydroxylation sites is 1. The lowest BCUT2D eigenvalue weighted by molar-refractivity contribution is -0.120. The predicted molar refractivity (Wildman–Crippen MR) is 98.0 cm³/mol. The Hall–Kier alpha value is -3.35. The van der Waals surface area contributed by atoms with E-state index in [0.717, 1.165) is 0 Å². The van der Waals surface area contributed by atoms with Crippen LogP contribution in [0.15, 0.2) is 48.5 Å². The van der Waals surface area contributed by atoms with Crippen molar-refractivity contribution in [1.82, 2.24) is 0 Å². The third kappa shape index (κ3) is 4.38. The van der Waals surface area contributed by atoms with Crippen LogP contribution in [0.5, 0.6) is 5.75 Å². The molecule has 0 heterocycles. The Morgan fingerprint density at radius 3 is 2.31 bits per heavy atom. The zero-order chi connectivity index (χ0) is 19.3. The molecule has 4 N–H and O–H groups in total. The number of carbonyl (C=O) groups is 3. The van der Waals surface area contributed by atoms with Crippen molar-refractivity contribution >= 4 is 23.4 Å². The standard InChI is InChI=1S/C19H21N3O4/c1-12(2)22(16-9-4-3-8-15(16)19(21)25)17(23)11-26-14-7-5-6-13(10-14)18(20)24/h3-10,12H,11H2,1-2H3,(H2,20,24)(H2,21,25). The Labute approximate surface area is 151 Å². The van der Waals surface area contributed by atoms with Gasteiger partial charge in [0.15, 0.2) is 6.61 Å². The molecule has 26 heavy (non-hydrogen) atoms. The van der Waals surface area contributed by atoms with Crippen molar-refractivity contribution in [1.29, 1.82) is 0 Å². The van der Waals surface area contributed by atoms with E-state index in [9.17, 15) is 14.4 Å². The number of benzene rings is 2. The van der Waals surface area contributed by atoms with E-state index < -0.39 is 11.8 Å². The molecule has 2 rings (SSSR count). The molecule has 0 aliphatic rings. The Balaban J connectivity index is 2.21. The summed E-state index contributed by atoms with van der Waals surface area (Å²) in [4.78, 5) is 37.0. The molecule has 0 spiro atoms. The SMILES string of the molecule is CC(C)N(C(=O)COc1cccc(C(N)=O)c1)c1ccccc1C(N)=O. The summed E-state index contributed by atoms with van der Waals surface area (Å²) >= 11 is 0. The van der Waals surface area contributed by atoms with Crippen molar-refractivity contribution in [2.75, 3.05) is 11.5 Å². The first-order valence-electron chi connectivity index (χ1n) is 8.04. The van der Waals surface area contributed by atoms with Gasteiger partial charge in [-0.3, -0.25) is 14.4 Å². The van der Waals surface area contributed by atoms with Gasteiger partial charge in [-0.1, -0.05) is 18.2 Å². The highest BCUT2D eigenvalue weighted by Crippen LogP contribution is 2.23. The number of ether oxygens (including phenoxy) is 1. The minimum Gasteiger partial charge on any atom is -0.484 e. The van der Waals surface area contributed by atoms with Gasteiger partial charge >= 0.3 is 0 Å². The molecule has 0 radical (unpaired) electrons. The van der Waals surface area contributed by atoms with Crippen molar-refractivity contribution in [2.45, 2.75) is 19.9 Å². The molecule has 0 atom stereocenters. The van der Waals surface area contributed by atoms with Crippen molar-refractivity contribution in [3.05, 3.63) is 59.7 Å². The fourth-order valence-electron chi connectivity index (χ4n) is 2.55. The highest BCUT2D eigenvalue weighted by atomic mass is 16.5. The van der Waals surface area contributed by atoms with Crippen LogP contribution in [0.1, 0.15) is 34.6 Å². The van der Waals surface area contributed by atoms with Crippen LogP contribution in [0, 0.1) is 0 Å². The molecule has 0 aromatic heterocycles. The highest BCUT2D eigenvalue weighted by molar-refractivity contribution is 6.04. The van der Waals surface area contributed by atoms with E-state index in [1.165, 1.54) is 11.0 Å². The van der Waals surface area contributed by atoms with Crippen LogP contribution in [0.25, 0.3) is 0 Å². The molecule has 136 valence electrons. The second-order valence-electron chi connectivity index (χ2n) is 5.92. The van der Waals surface area contributed by atoms with Crippen LogP contribution >= 0.6 is 0 Å². The molecule has 3 amide bonds. The summed E-state index contributed by atoms with van der Waals surface area (Å²) in [7, 11) is 0. The van der Waals surface area contributed by atoms with E-state index >= 15 is 0 Å². The van der Waals surface area contributed by atoms with Gasteiger partial charge in [0.05, 0.1) is 11.3 Å². The summed E-state index contributed by atoms with van der Waals surface area (Å²) in [6.07, 6.45) is 0. The molecule has 0 saturated carbocycles. The average Bonchev–Trinajstić information content (AvgIpc) is 2.60. The fraction of sp³-hybridized carbons (Fsp3) is 0.211. The number of rotatable bonds is 7. The Bertz CT molecular complexity index is 833. The normalized spacial score (nSPS) is 10.4. The first-order chi connectivity index (χ1) is 12.3. The summed E-state index contributed by atoms with van der Waals surface area (Å²) in [5.41, 5.74) is 11.6. The number of carbonyl (C=O) groups excluding carboxylic acids is 3. The monoisotopic (exact) mass is 355 g/mol. The molecule has 2 aromatic rings. The van der Waals surface area contributed by atoms with Crippen LogP contribution in [0.3, 0.4) is 0 Å². The number of primary amides is 2. The Morgan fingerprint density at radius 2 is 1.69 bits per heavy atom. The van der Waals surface area contributed by atoms with Crippen molar-refractivity contribution in [3.63, 3.8) is 0 Å². The lowest BCUT2D eigenvalue weighted by Crippen LogP contribution is -2.41. The van der Waals surface area contributed by atoms with Crippen LogP contribution in [-0.2, 0) is 4.79 Å². The second-order valence-corrected chi connectivity index (χ2v) is 5.92. The van der Waals surface area contributed by atoms with Crippen molar-refractivity contribution in [2.24, 2.45) is 11.5 Å². The topological polar surface area (TPSA) is 116 Å². The van der Waals surface area contributed by atoms with E-state index in [4.69, 9.17) is 16.2 Å². The van der Waals surface area contributed by atoms with Gasteiger partial charge in [-0.2, -0.15) is 0 Å². The second kappa shape index (κ2) is 8.15. The van der Waals surface area contributed by atoms with Crippen LogP contribution in [0.2, 0.25) is 0 Å². The van der Waals surface area contributed by atoms with E-state index in [1.54, 1.807) is 42.5 Å². The molecule has 0 aliphatic heterocycles. The van der Waals surface area contributed by atoms with E-state index in [1.807, 2.05) is 13.8 Å². The molecule has 0 aliphatic carbocycles. The van der Waals surface area contributed by atoms with E-state index in [0.29, 0.717) is 11.4 Å². The first kappa shape index (κ1) is 19.0. The number of amides is 3. The lowest BCUT2D eigenvalue weighted by atomic mass is 10.1. The zero-order valence-corrected chi connectivity index (χ0v) is 14.6.